The number of nitrogens with one attached hydrogen (secondary N) is 1. The number of H-pyrrole nitrogens is 1. The summed E-state index contributed by atoms with van der Waals surface area (Å²) in [6, 6.07) is 2.41. The van der Waals surface area contributed by atoms with Crippen molar-refractivity contribution in [2.24, 2.45) is 5.41 Å². The van der Waals surface area contributed by atoms with Gasteiger partial charge in [0.1, 0.15) is 5.82 Å². The maximum atomic E-state index is 10.4. The number of aromatic nitrogens is 5. The van der Waals surface area contributed by atoms with E-state index in [-0.39, 0.29) is 6.10 Å². The Bertz CT molecular complexity index is 1120. The normalized spacial score (nSPS) is 25.9. The molecule has 6 rings (SSSR count). The smallest absolute Gasteiger partial charge is 0.165 e. The first-order chi connectivity index (χ1) is 15.6. The van der Waals surface area contributed by atoms with E-state index in [9.17, 15) is 5.11 Å². The van der Waals surface area contributed by atoms with Crippen molar-refractivity contribution < 1.29 is 5.11 Å². The van der Waals surface area contributed by atoms with Gasteiger partial charge in [0.25, 0.3) is 0 Å². The van der Waals surface area contributed by atoms with Crippen LogP contribution in [0.4, 0.5) is 5.82 Å². The highest BCUT2D eigenvalue weighted by Crippen LogP contribution is 2.44. The molecule has 168 valence electrons. The van der Waals surface area contributed by atoms with Gasteiger partial charge in [-0.25, -0.2) is 9.97 Å². The van der Waals surface area contributed by atoms with Gasteiger partial charge in [0.05, 0.1) is 29.6 Å². The van der Waals surface area contributed by atoms with E-state index in [2.05, 4.69) is 25.0 Å². The predicted molar refractivity (Wildman–Crippen MR) is 123 cm³/mol. The SMILES string of the molecule is Cc1[nH]ncc1-c1nc(N2CCC3(CC2)CCN([C@H]2CCC[C@@H]2O)C3)c2ccncc2n1. The third-order valence-electron chi connectivity index (χ3n) is 8.05. The number of aliphatic hydroxyl groups excluding tert-OH is 1. The molecular formula is C24H31N7O. The molecule has 32 heavy (non-hydrogen) atoms. The number of fused-ring (bicyclic) bond motifs is 1. The topological polar surface area (TPSA) is 94.1 Å². The average Bonchev–Trinajstić information content (AvgIpc) is 3.54. The lowest BCUT2D eigenvalue weighted by molar-refractivity contribution is 0.0743. The molecule has 0 aromatic carbocycles. The van der Waals surface area contributed by atoms with Gasteiger partial charge in [-0.3, -0.25) is 15.0 Å². The highest BCUT2D eigenvalue weighted by Gasteiger charge is 2.44. The van der Waals surface area contributed by atoms with E-state index in [0.717, 1.165) is 73.4 Å². The molecule has 3 aliphatic rings. The van der Waals surface area contributed by atoms with Crippen molar-refractivity contribution in [3.63, 3.8) is 0 Å². The fourth-order valence-electron chi connectivity index (χ4n) is 6.10. The van der Waals surface area contributed by atoms with Crippen LogP contribution in [-0.2, 0) is 0 Å². The van der Waals surface area contributed by atoms with Crippen molar-refractivity contribution in [2.75, 3.05) is 31.1 Å². The summed E-state index contributed by atoms with van der Waals surface area (Å²) in [4.78, 5) is 19.1. The van der Waals surface area contributed by atoms with Crippen LogP contribution in [0.2, 0.25) is 0 Å². The molecule has 0 amide bonds. The number of aryl methyl sites for hydroxylation is 1. The number of aromatic amines is 1. The largest absolute Gasteiger partial charge is 0.391 e. The molecule has 2 atom stereocenters. The van der Waals surface area contributed by atoms with E-state index in [1.165, 1.54) is 19.3 Å². The second-order valence-electron chi connectivity index (χ2n) is 9.95. The number of hydrogen-bond donors (Lipinski definition) is 2. The first-order valence-electron chi connectivity index (χ1n) is 11.9. The number of nitrogens with zero attached hydrogens (tertiary/aromatic N) is 6. The zero-order valence-corrected chi connectivity index (χ0v) is 18.7. The van der Waals surface area contributed by atoms with Crippen LogP contribution in [0.1, 0.15) is 44.2 Å². The van der Waals surface area contributed by atoms with Gasteiger partial charge in [-0.15, -0.1) is 0 Å². The summed E-state index contributed by atoms with van der Waals surface area (Å²) < 4.78 is 0. The van der Waals surface area contributed by atoms with Crippen LogP contribution in [0.3, 0.4) is 0 Å². The first kappa shape index (κ1) is 20.1. The van der Waals surface area contributed by atoms with Gasteiger partial charge in [-0.1, -0.05) is 0 Å². The maximum absolute atomic E-state index is 10.4. The molecule has 1 saturated carbocycles. The fourth-order valence-corrected chi connectivity index (χ4v) is 6.10. The average molecular weight is 434 g/mol. The van der Waals surface area contributed by atoms with Crippen LogP contribution in [0.15, 0.2) is 24.7 Å². The molecule has 3 fully saturated rings. The molecule has 2 N–H and O–H groups in total. The molecule has 2 aliphatic heterocycles. The van der Waals surface area contributed by atoms with Gasteiger partial charge in [0.15, 0.2) is 5.82 Å². The number of pyridine rings is 1. The van der Waals surface area contributed by atoms with E-state index >= 15 is 0 Å². The Morgan fingerprint density at radius 2 is 1.94 bits per heavy atom. The summed E-state index contributed by atoms with van der Waals surface area (Å²) in [6.07, 6.45) is 12.2. The Hall–Kier alpha value is -2.58. The number of likely N-dealkylation sites (tertiary alicyclic amines) is 1. The molecule has 1 spiro atoms. The summed E-state index contributed by atoms with van der Waals surface area (Å²) in [5.41, 5.74) is 3.16. The second-order valence-corrected chi connectivity index (χ2v) is 9.95. The molecule has 0 radical (unpaired) electrons. The summed E-state index contributed by atoms with van der Waals surface area (Å²) >= 11 is 0. The number of anilines is 1. The van der Waals surface area contributed by atoms with Crippen LogP contribution in [-0.4, -0.2) is 73.5 Å². The minimum atomic E-state index is -0.129. The summed E-state index contributed by atoms with van der Waals surface area (Å²) in [5, 5.41) is 18.6. The molecular weight excluding hydrogens is 402 g/mol. The van der Waals surface area contributed by atoms with Gasteiger partial charge >= 0.3 is 0 Å². The van der Waals surface area contributed by atoms with Crippen molar-refractivity contribution in [1.29, 1.82) is 0 Å². The minimum Gasteiger partial charge on any atom is -0.391 e. The predicted octanol–water partition coefficient (Wildman–Crippen LogP) is 2.93. The first-order valence-corrected chi connectivity index (χ1v) is 11.9. The van der Waals surface area contributed by atoms with Crippen LogP contribution in [0.25, 0.3) is 22.3 Å². The molecule has 0 unspecified atom stereocenters. The molecule has 3 aromatic rings. The molecule has 0 bridgehead atoms. The Balaban J connectivity index is 1.25. The standard InChI is InChI=1S/C24H31N7O/c1-16-18(13-26-29-16)22-27-19-14-25-9-5-17(19)23(28-22)30-10-6-24(7-11-30)8-12-31(15-24)20-3-2-4-21(20)32/h5,9,13-14,20-21,32H,2-4,6-8,10-12,15H2,1H3,(H,26,29)/t20-,21-/m0/s1. The van der Waals surface area contributed by atoms with Crippen molar-refractivity contribution in [3.8, 4) is 11.4 Å². The van der Waals surface area contributed by atoms with Crippen LogP contribution in [0, 0.1) is 12.3 Å². The summed E-state index contributed by atoms with van der Waals surface area (Å²) in [6.45, 7) is 6.26. The monoisotopic (exact) mass is 433 g/mol. The number of hydrogen-bond acceptors (Lipinski definition) is 7. The van der Waals surface area contributed by atoms with Crippen molar-refractivity contribution in [1.82, 2.24) is 30.0 Å². The molecule has 3 aromatic heterocycles. The Morgan fingerprint density at radius 1 is 1.09 bits per heavy atom. The summed E-state index contributed by atoms with van der Waals surface area (Å²) in [7, 11) is 0. The maximum Gasteiger partial charge on any atom is 0.165 e. The van der Waals surface area contributed by atoms with Gasteiger partial charge in [-0.05, 0) is 63.5 Å². The van der Waals surface area contributed by atoms with E-state index < -0.39 is 0 Å². The molecule has 8 nitrogen and oxygen atoms in total. The number of rotatable bonds is 3. The summed E-state index contributed by atoms with van der Waals surface area (Å²) in [5.74, 6) is 1.71. The molecule has 5 heterocycles. The Morgan fingerprint density at radius 3 is 2.69 bits per heavy atom. The fraction of sp³-hybridized carbons (Fsp3) is 0.583. The van der Waals surface area contributed by atoms with Crippen LogP contribution in [0.5, 0.6) is 0 Å². The zero-order chi connectivity index (χ0) is 21.7. The number of piperidine rings is 1. The lowest BCUT2D eigenvalue weighted by Crippen LogP contribution is -2.44. The van der Waals surface area contributed by atoms with Crippen LogP contribution >= 0.6 is 0 Å². The van der Waals surface area contributed by atoms with Crippen molar-refractivity contribution in [3.05, 3.63) is 30.4 Å². The van der Waals surface area contributed by atoms with Gasteiger partial charge in [0.2, 0.25) is 0 Å². The molecule has 1 aliphatic carbocycles. The quantitative estimate of drug-likeness (QED) is 0.656. The third-order valence-corrected chi connectivity index (χ3v) is 8.05. The van der Waals surface area contributed by atoms with Gasteiger partial charge < -0.3 is 10.0 Å². The van der Waals surface area contributed by atoms with Gasteiger partial charge in [0, 0.05) is 43.0 Å². The Kier molecular flexibility index (Phi) is 4.87. The lowest BCUT2D eigenvalue weighted by atomic mass is 9.77. The lowest BCUT2D eigenvalue weighted by Gasteiger charge is -2.41. The molecule has 8 heteroatoms. The molecule has 2 saturated heterocycles. The third kappa shape index (κ3) is 3.36. The van der Waals surface area contributed by atoms with E-state index in [1.807, 2.05) is 25.4 Å². The Labute approximate surface area is 188 Å². The van der Waals surface area contributed by atoms with E-state index in [0.29, 0.717) is 17.3 Å². The van der Waals surface area contributed by atoms with E-state index in [4.69, 9.17) is 9.97 Å². The van der Waals surface area contributed by atoms with Crippen molar-refractivity contribution >= 4 is 16.7 Å². The van der Waals surface area contributed by atoms with E-state index in [1.54, 1.807) is 6.20 Å². The van der Waals surface area contributed by atoms with Gasteiger partial charge in [-0.2, -0.15) is 5.10 Å². The van der Waals surface area contributed by atoms with Crippen molar-refractivity contribution in [2.45, 2.75) is 57.6 Å². The minimum absolute atomic E-state index is 0.129. The number of aliphatic hydroxyl groups is 1. The highest BCUT2D eigenvalue weighted by molar-refractivity contribution is 5.90. The second kappa shape index (κ2) is 7.78. The van der Waals surface area contributed by atoms with Crippen LogP contribution < -0.4 is 4.90 Å². The zero-order valence-electron chi connectivity index (χ0n) is 18.7. The highest BCUT2D eigenvalue weighted by atomic mass is 16.3.